The SMILES string of the molecule is CCOC(=O)c1c(NC(=O)C(Sc2cccc(NC(=O)c3c(OC)cccc3OC)c2)c2ccccc2)sc(C(=O)Nc2ccccc2)c1C. The van der Waals surface area contributed by atoms with Gasteiger partial charge < -0.3 is 30.2 Å². The Balaban J connectivity index is 1.43. The highest BCUT2D eigenvalue weighted by Gasteiger charge is 2.30. The quantitative estimate of drug-likeness (QED) is 0.0823. The summed E-state index contributed by atoms with van der Waals surface area (Å²) in [6, 6.07) is 30.3. The summed E-state index contributed by atoms with van der Waals surface area (Å²) < 4.78 is 16.1. The van der Waals surface area contributed by atoms with Gasteiger partial charge in [0, 0.05) is 16.3 Å². The summed E-state index contributed by atoms with van der Waals surface area (Å²) >= 11 is 2.27. The zero-order valence-corrected chi connectivity index (χ0v) is 29.4. The van der Waals surface area contributed by atoms with Gasteiger partial charge in [0.1, 0.15) is 27.3 Å². The molecular formula is C38H35N3O7S2. The van der Waals surface area contributed by atoms with Crippen molar-refractivity contribution >= 4 is 63.2 Å². The van der Waals surface area contributed by atoms with Crippen molar-refractivity contribution in [3.8, 4) is 11.5 Å². The van der Waals surface area contributed by atoms with Crippen molar-refractivity contribution in [3.63, 3.8) is 0 Å². The van der Waals surface area contributed by atoms with Crippen LogP contribution >= 0.6 is 23.1 Å². The van der Waals surface area contributed by atoms with Crippen molar-refractivity contribution in [2.45, 2.75) is 24.0 Å². The largest absolute Gasteiger partial charge is 0.496 e. The zero-order chi connectivity index (χ0) is 35.6. The lowest BCUT2D eigenvalue weighted by atomic mass is 10.1. The third-order valence-electron chi connectivity index (χ3n) is 7.44. The summed E-state index contributed by atoms with van der Waals surface area (Å²) in [7, 11) is 2.95. The molecular weight excluding hydrogens is 675 g/mol. The summed E-state index contributed by atoms with van der Waals surface area (Å²) in [6.45, 7) is 3.46. The summed E-state index contributed by atoms with van der Waals surface area (Å²) in [4.78, 5) is 54.9. The lowest BCUT2D eigenvalue weighted by molar-refractivity contribution is -0.115. The molecule has 0 spiro atoms. The number of benzene rings is 4. The van der Waals surface area contributed by atoms with Crippen LogP contribution in [0.2, 0.25) is 0 Å². The predicted molar refractivity (Wildman–Crippen MR) is 197 cm³/mol. The normalized spacial score (nSPS) is 11.2. The molecule has 1 aromatic heterocycles. The zero-order valence-electron chi connectivity index (χ0n) is 27.8. The minimum atomic E-state index is -0.782. The summed E-state index contributed by atoms with van der Waals surface area (Å²) in [5.41, 5.74) is 2.56. The van der Waals surface area contributed by atoms with E-state index >= 15 is 0 Å². The Labute approximate surface area is 298 Å². The fourth-order valence-electron chi connectivity index (χ4n) is 5.11. The third-order valence-corrected chi connectivity index (χ3v) is 9.90. The van der Waals surface area contributed by atoms with E-state index < -0.39 is 28.9 Å². The molecule has 4 aromatic carbocycles. The van der Waals surface area contributed by atoms with E-state index in [-0.39, 0.29) is 27.6 Å². The first-order chi connectivity index (χ1) is 24.2. The van der Waals surface area contributed by atoms with Crippen LogP contribution in [0, 0.1) is 6.92 Å². The predicted octanol–water partition coefficient (Wildman–Crippen LogP) is 8.23. The van der Waals surface area contributed by atoms with Crippen molar-refractivity contribution in [3.05, 3.63) is 130 Å². The molecule has 5 aromatic rings. The number of carbonyl (C=O) groups is 4. The lowest BCUT2D eigenvalue weighted by Crippen LogP contribution is -2.20. The van der Waals surface area contributed by atoms with Gasteiger partial charge in [-0.25, -0.2) is 4.79 Å². The number of rotatable bonds is 13. The molecule has 0 saturated heterocycles. The molecule has 3 amide bonds. The van der Waals surface area contributed by atoms with E-state index in [9.17, 15) is 19.2 Å². The number of para-hydroxylation sites is 1. The minimum absolute atomic E-state index is 0.117. The van der Waals surface area contributed by atoms with Gasteiger partial charge in [-0.15, -0.1) is 23.1 Å². The Bertz CT molecular complexity index is 1980. The number of carbonyl (C=O) groups excluding carboxylic acids is 4. The van der Waals surface area contributed by atoms with Crippen LogP contribution in [-0.4, -0.2) is 44.5 Å². The van der Waals surface area contributed by atoms with Gasteiger partial charge in [-0.1, -0.05) is 60.7 Å². The third kappa shape index (κ3) is 8.33. The van der Waals surface area contributed by atoms with Crippen LogP contribution in [0.5, 0.6) is 11.5 Å². The second-order valence-corrected chi connectivity index (χ2v) is 12.9. The van der Waals surface area contributed by atoms with Crippen LogP contribution < -0.4 is 25.4 Å². The van der Waals surface area contributed by atoms with E-state index in [2.05, 4.69) is 16.0 Å². The first kappa shape index (κ1) is 35.7. The lowest BCUT2D eigenvalue weighted by Gasteiger charge is -2.18. The molecule has 0 aliphatic rings. The fraction of sp³-hybridized carbons (Fsp3) is 0.158. The second kappa shape index (κ2) is 16.7. The molecule has 0 bridgehead atoms. The van der Waals surface area contributed by atoms with Crippen LogP contribution in [0.3, 0.4) is 0 Å². The van der Waals surface area contributed by atoms with Gasteiger partial charge in [0.2, 0.25) is 5.91 Å². The molecule has 5 rings (SSSR count). The maximum absolute atomic E-state index is 14.1. The van der Waals surface area contributed by atoms with Crippen LogP contribution in [0.15, 0.2) is 108 Å². The molecule has 256 valence electrons. The van der Waals surface area contributed by atoms with E-state index in [1.54, 1.807) is 74.5 Å². The maximum atomic E-state index is 14.1. The number of anilines is 3. The van der Waals surface area contributed by atoms with Gasteiger partial charge in [-0.3, -0.25) is 14.4 Å². The molecule has 0 aliphatic heterocycles. The van der Waals surface area contributed by atoms with Crippen LogP contribution in [0.4, 0.5) is 16.4 Å². The highest BCUT2D eigenvalue weighted by molar-refractivity contribution is 8.00. The Kier molecular flexibility index (Phi) is 11.9. The van der Waals surface area contributed by atoms with E-state index in [1.165, 1.54) is 26.0 Å². The minimum Gasteiger partial charge on any atom is -0.496 e. The number of ether oxygens (including phenoxy) is 3. The molecule has 0 fully saturated rings. The molecule has 50 heavy (non-hydrogen) atoms. The van der Waals surface area contributed by atoms with Crippen LogP contribution in [0.1, 0.15) is 53.7 Å². The number of hydrogen-bond acceptors (Lipinski definition) is 9. The van der Waals surface area contributed by atoms with Crippen molar-refractivity contribution in [1.82, 2.24) is 0 Å². The van der Waals surface area contributed by atoms with E-state index in [1.807, 2.05) is 42.5 Å². The second-order valence-electron chi connectivity index (χ2n) is 10.7. The fourth-order valence-corrected chi connectivity index (χ4v) is 7.28. The molecule has 12 heteroatoms. The Morgan fingerprint density at radius 1 is 0.720 bits per heavy atom. The van der Waals surface area contributed by atoms with Crippen molar-refractivity contribution in [2.24, 2.45) is 0 Å². The molecule has 0 saturated carbocycles. The summed E-state index contributed by atoms with van der Waals surface area (Å²) in [5, 5.41) is 8.09. The van der Waals surface area contributed by atoms with Crippen molar-refractivity contribution in [1.29, 1.82) is 0 Å². The van der Waals surface area contributed by atoms with Crippen LogP contribution in [-0.2, 0) is 9.53 Å². The molecule has 3 N–H and O–H groups in total. The average molecular weight is 710 g/mol. The Morgan fingerprint density at radius 2 is 1.32 bits per heavy atom. The number of hydrogen-bond donors (Lipinski definition) is 3. The molecule has 0 aliphatic carbocycles. The highest BCUT2D eigenvalue weighted by atomic mass is 32.2. The summed E-state index contributed by atoms with van der Waals surface area (Å²) in [6.07, 6.45) is 0. The number of nitrogens with one attached hydrogen (secondary N) is 3. The number of thioether (sulfide) groups is 1. The molecule has 0 radical (unpaired) electrons. The Hall–Kier alpha value is -5.59. The first-order valence-corrected chi connectivity index (χ1v) is 17.2. The molecule has 1 atom stereocenters. The van der Waals surface area contributed by atoms with Crippen molar-refractivity contribution in [2.75, 3.05) is 36.8 Å². The molecule has 1 heterocycles. The highest BCUT2D eigenvalue weighted by Crippen LogP contribution is 2.40. The molecule has 10 nitrogen and oxygen atoms in total. The number of methoxy groups -OCH3 is 2. The number of thiophene rings is 1. The van der Waals surface area contributed by atoms with Crippen molar-refractivity contribution < 1.29 is 33.4 Å². The number of esters is 1. The van der Waals surface area contributed by atoms with Gasteiger partial charge in [0.05, 0.1) is 31.3 Å². The topological polar surface area (TPSA) is 132 Å². The van der Waals surface area contributed by atoms with Gasteiger partial charge in [-0.2, -0.15) is 0 Å². The van der Waals surface area contributed by atoms with E-state index in [0.29, 0.717) is 38.9 Å². The van der Waals surface area contributed by atoms with Gasteiger partial charge in [0.25, 0.3) is 11.8 Å². The maximum Gasteiger partial charge on any atom is 0.341 e. The molecule has 1 unspecified atom stereocenters. The van der Waals surface area contributed by atoms with Gasteiger partial charge in [-0.05, 0) is 67.4 Å². The van der Waals surface area contributed by atoms with E-state index in [0.717, 1.165) is 11.3 Å². The smallest absolute Gasteiger partial charge is 0.341 e. The first-order valence-electron chi connectivity index (χ1n) is 15.6. The number of amides is 3. The van der Waals surface area contributed by atoms with Gasteiger partial charge >= 0.3 is 5.97 Å². The monoisotopic (exact) mass is 709 g/mol. The Morgan fingerprint density at radius 3 is 1.96 bits per heavy atom. The average Bonchev–Trinajstić information content (AvgIpc) is 3.46. The van der Waals surface area contributed by atoms with Crippen LogP contribution in [0.25, 0.3) is 0 Å². The van der Waals surface area contributed by atoms with Gasteiger partial charge in [0.15, 0.2) is 0 Å². The van der Waals surface area contributed by atoms with E-state index in [4.69, 9.17) is 14.2 Å². The standard InChI is InChI=1S/C38H35N3O7S2/c1-5-48-38(45)30-23(2)32(35(43)39-25-16-10-7-11-17-25)50-37(30)41-36(44)33(24-14-8-6-9-15-24)49-27-19-12-18-26(22-27)40-34(42)31-28(46-3)20-13-21-29(31)47-4/h6-22,33H,5H2,1-4H3,(H,39,43)(H,40,42)(H,41,44). The summed E-state index contributed by atoms with van der Waals surface area (Å²) in [5.74, 6) is -1.18.